The minimum absolute atomic E-state index is 0.0525. The molecule has 0 spiro atoms. The molecule has 1 unspecified atom stereocenters. The summed E-state index contributed by atoms with van der Waals surface area (Å²) in [4.78, 5) is 18.6. The van der Waals surface area contributed by atoms with Crippen LogP contribution in [-0.4, -0.2) is 28.4 Å². The second-order valence-corrected chi connectivity index (χ2v) is 6.54. The molecular formula is C17H17BrFN3O. The molecule has 0 radical (unpaired) electrons. The molecule has 1 saturated heterocycles. The molecule has 0 aliphatic carbocycles. The fourth-order valence-electron chi connectivity index (χ4n) is 2.64. The molecule has 6 heteroatoms. The summed E-state index contributed by atoms with van der Waals surface area (Å²) < 4.78 is 13.9. The largest absolute Gasteiger partial charge is 0.358 e. The fraction of sp³-hybridized carbons (Fsp3) is 0.294. The van der Waals surface area contributed by atoms with Gasteiger partial charge in [0.15, 0.2) is 0 Å². The Kier molecular flexibility index (Phi) is 4.61. The van der Waals surface area contributed by atoms with E-state index in [1.165, 1.54) is 12.1 Å². The lowest BCUT2D eigenvalue weighted by Crippen LogP contribution is -2.33. The minimum atomic E-state index is -0.266. The van der Waals surface area contributed by atoms with E-state index in [-0.39, 0.29) is 17.8 Å². The fourth-order valence-corrected chi connectivity index (χ4v) is 2.85. The molecule has 2 aromatic rings. The molecule has 1 aromatic heterocycles. The van der Waals surface area contributed by atoms with Crippen LogP contribution < -0.4 is 5.32 Å². The third kappa shape index (κ3) is 3.69. The highest BCUT2D eigenvalue weighted by Gasteiger charge is 2.31. The predicted molar refractivity (Wildman–Crippen MR) is 90.5 cm³/mol. The first-order valence-electron chi connectivity index (χ1n) is 7.45. The van der Waals surface area contributed by atoms with Crippen molar-refractivity contribution in [1.29, 1.82) is 0 Å². The Balaban J connectivity index is 1.64. The van der Waals surface area contributed by atoms with Crippen LogP contribution >= 0.6 is 15.9 Å². The van der Waals surface area contributed by atoms with Crippen molar-refractivity contribution in [2.45, 2.75) is 25.9 Å². The molecule has 1 aromatic carbocycles. The van der Waals surface area contributed by atoms with Gasteiger partial charge in [-0.15, -0.1) is 0 Å². The number of benzene rings is 1. The van der Waals surface area contributed by atoms with E-state index in [9.17, 15) is 9.18 Å². The van der Waals surface area contributed by atoms with Gasteiger partial charge in [0.2, 0.25) is 5.91 Å². The third-order valence-corrected chi connectivity index (χ3v) is 4.78. The van der Waals surface area contributed by atoms with Crippen LogP contribution in [0.3, 0.4) is 0 Å². The van der Waals surface area contributed by atoms with Gasteiger partial charge in [0, 0.05) is 23.8 Å². The van der Waals surface area contributed by atoms with Crippen LogP contribution in [0.1, 0.15) is 17.5 Å². The lowest BCUT2D eigenvalue weighted by Gasteiger charge is -2.17. The van der Waals surface area contributed by atoms with Crippen LogP contribution in [0.5, 0.6) is 0 Å². The summed E-state index contributed by atoms with van der Waals surface area (Å²) in [7, 11) is 0. The normalized spacial score (nSPS) is 17.6. The van der Waals surface area contributed by atoms with Crippen molar-refractivity contribution in [2.75, 3.05) is 11.9 Å². The Morgan fingerprint density at radius 3 is 2.83 bits per heavy atom. The van der Waals surface area contributed by atoms with Gasteiger partial charge in [-0.05, 0) is 58.6 Å². The average molecular weight is 378 g/mol. The number of carbonyl (C=O) groups is 1. The van der Waals surface area contributed by atoms with Crippen molar-refractivity contribution in [3.05, 3.63) is 57.9 Å². The maximum absolute atomic E-state index is 12.9. The van der Waals surface area contributed by atoms with E-state index in [4.69, 9.17) is 0 Å². The Morgan fingerprint density at radius 1 is 1.39 bits per heavy atom. The Labute approximate surface area is 142 Å². The maximum Gasteiger partial charge on any atom is 0.245 e. The van der Waals surface area contributed by atoms with Crippen LogP contribution in [0, 0.1) is 12.7 Å². The van der Waals surface area contributed by atoms with Gasteiger partial charge >= 0.3 is 0 Å². The summed E-state index contributed by atoms with van der Waals surface area (Å²) in [5, 5.41) is 3.20. The number of aromatic nitrogens is 1. The van der Waals surface area contributed by atoms with E-state index >= 15 is 0 Å². The molecule has 0 saturated carbocycles. The molecule has 1 amide bonds. The van der Waals surface area contributed by atoms with E-state index in [0.717, 1.165) is 22.0 Å². The Bertz CT molecular complexity index is 720. The van der Waals surface area contributed by atoms with Crippen LogP contribution in [-0.2, 0) is 11.3 Å². The zero-order valence-electron chi connectivity index (χ0n) is 12.7. The summed E-state index contributed by atoms with van der Waals surface area (Å²) in [6, 6.07) is 7.91. The van der Waals surface area contributed by atoms with Crippen molar-refractivity contribution in [1.82, 2.24) is 9.88 Å². The van der Waals surface area contributed by atoms with Gasteiger partial charge in [-0.3, -0.25) is 4.79 Å². The Morgan fingerprint density at radius 2 is 2.13 bits per heavy atom. The molecule has 120 valence electrons. The first-order chi connectivity index (χ1) is 11.0. The van der Waals surface area contributed by atoms with Gasteiger partial charge in [0.1, 0.15) is 17.7 Å². The number of pyridine rings is 1. The lowest BCUT2D eigenvalue weighted by atomic mass is 10.2. The molecule has 1 N–H and O–H groups in total. The summed E-state index contributed by atoms with van der Waals surface area (Å²) in [5.41, 5.74) is 1.99. The van der Waals surface area contributed by atoms with Gasteiger partial charge in [0.25, 0.3) is 0 Å². The van der Waals surface area contributed by atoms with Gasteiger partial charge in [0.05, 0.1) is 0 Å². The highest BCUT2D eigenvalue weighted by molar-refractivity contribution is 9.10. The first kappa shape index (κ1) is 15.9. The zero-order chi connectivity index (χ0) is 16.4. The van der Waals surface area contributed by atoms with Crippen molar-refractivity contribution in [3.8, 4) is 0 Å². The first-order valence-corrected chi connectivity index (χ1v) is 8.24. The van der Waals surface area contributed by atoms with E-state index in [0.29, 0.717) is 18.9 Å². The van der Waals surface area contributed by atoms with Crippen LogP contribution in [0.4, 0.5) is 10.2 Å². The molecule has 2 heterocycles. The molecule has 23 heavy (non-hydrogen) atoms. The average Bonchev–Trinajstić information content (AvgIpc) is 2.86. The zero-order valence-corrected chi connectivity index (χ0v) is 14.3. The number of carbonyl (C=O) groups excluding carboxylic acids is 1. The van der Waals surface area contributed by atoms with E-state index < -0.39 is 0 Å². The summed E-state index contributed by atoms with van der Waals surface area (Å²) >= 11 is 3.41. The van der Waals surface area contributed by atoms with Crippen LogP contribution in [0.15, 0.2) is 41.0 Å². The number of halogens is 2. The molecule has 1 fully saturated rings. The molecular weight excluding hydrogens is 361 g/mol. The van der Waals surface area contributed by atoms with Crippen molar-refractivity contribution < 1.29 is 9.18 Å². The van der Waals surface area contributed by atoms with Crippen LogP contribution in [0.2, 0.25) is 0 Å². The standard InChI is InChI=1S/C17H17BrFN3O/c1-11-8-16(20-9-14(11)18)21-15-6-7-22(17(15)23)10-12-2-4-13(19)5-3-12/h2-5,8-9,15H,6-7,10H2,1H3,(H,20,21). The van der Waals surface area contributed by atoms with Gasteiger partial charge in [-0.25, -0.2) is 9.37 Å². The maximum atomic E-state index is 12.9. The lowest BCUT2D eigenvalue weighted by molar-refractivity contribution is -0.128. The number of hydrogen-bond acceptors (Lipinski definition) is 3. The number of nitrogens with zero attached hydrogens (tertiary/aromatic N) is 2. The number of hydrogen-bond donors (Lipinski definition) is 1. The van der Waals surface area contributed by atoms with E-state index in [2.05, 4.69) is 26.2 Å². The molecule has 1 atom stereocenters. The number of likely N-dealkylation sites (tertiary alicyclic amines) is 1. The van der Waals surface area contributed by atoms with Crippen LogP contribution in [0.25, 0.3) is 0 Å². The van der Waals surface area contributed by atoms with Gasteiger partial charge in [-0.2, -0.15) is 0 Å². The van der Waals surface area contributed by atoms with Gasteiger partial charge in [-0.1, -0.05) is 12.1 Å². The highest BCUT2D eigenvalue weighted by Crippen LogP contribution is 2.21. The summed E-state index contributed by atoms with van der Waals surface area (Å²) in [6.07, 6.45) is 2.46. The molecule has 1 aliphatic heterocycles. The van der Waals surface area contributed by atoms with Crippen molar-refractivity contribution in [2.24, 2.45) is 0 Å². The molecule has 1 aliphatic rings. The number of anilines is 1. The monoisotopic (exact) mass is 377 g/mol. The minimum Gasteiger partial charge on any atom is -0.358 e. The Hall–Kier alpha value is -1.95. The number of rotatable bonds is 4. The van der Waals surface area contributed by atoms with E-state index in [1.807, 2.05) is 13.0 Å². The number of nitrogens with one attached hydrogen (secondary N) is 1. The second-order valence-electron chi connectivity index (χ2n) is 5.69. The number of aryl methyl sites for hydroxylation is 1. The third-order valence-electron chi connectivity index (χ3n) is 3.95. The summed E-state index contributed by atoms with van der Waals surface area (Å²) in [5.74, 6) is 0.488. The quantitative estimate of drug-likeness (QED) is 0.886. The van der Waals surface area contributed by atoms with Crippen molar-refractivity contribution >= 4 is 27.7 Å². The SMILES string of the molecule is Cc1cc(NC2CCN(Cc3ccc(F)cc3)C2=O)ncc1Br. The topological polar surface area (TPSA) is 45.2 Å². The molecule has 4 nitrogen and oxygen atoms in total. The van der Waals surface area contributed by atoms with Gasteiger partial charge < -0.3 is 10.2 Å². The second kappa shape index (κ2) is 6.66. The van der Waals surface area contributed by atoms with E-state index in [1.54, 1.807) is 23.2 Å². The molecule has 0 bridgehead atoms. The molecule has 3 rings (SSSR count). The smallest absolute Gasteiger partial charge is 0.245 e. The summed E-state index contributed by atoms with van der Waals surface area (Å²) in [6.45, 7) is 3.17. The number of amides is 1. The predicted octanol–water partition coefficient (Wildman–Crippen LogP) is 3.50. The van der Waals surface area contributed by atoms with Crippen molar-refractivity contribution in [3.63, 3.8) is 0 Å². The highest BCUT2D eigenvalue weighted by atomic mass is 79.9.